The number of benzene rings is 3. The highest BCUT2D eigenvalue weighted by molar-refractivity contribution is 5.90. The van der Waals surface area contributed by atoms with Crippen LogP contribution in [0.5, 0.6) is 17.4 Å². The molecule has 0 aliphatic heterocycles. The number of ether oxygens (including phenoxy) is 2. The van der Waals surface area contributed by atoms with Crippen LogP contribution in [0.3, 0.4) is 0 Å². The zero-order valence-electron chi connectivity index (χ0n) is 17.3. The van der Waals surface area contributed by atoms with E-state index in [0.717, 1.165) is 33.5 Å². The summed E-state index contributed by atoms with van der Waals surface area (Å²) in [5.74, 6) is 2.21. The molecule has 3 heteroatoms. The molecule has 0 aliphatic carbocycles. The Morgan fingerprint density at radius 3 is 2.07 bits per heavy atom. The van der Waals surface area contributed by atoms with Crippen LogP contribution >= 0.6 is 0 Å². The van der Waals surface area contributed by atoms with E-state index >= 15 is 0 Å². The molecular weight excluding hydrogens is 358 g/mol. The molecule has 0 fully saturated rings. The van der Waals surface area contributed by atoms with E-state index in [2.05, 4.69) is 45.0 Å². The average molecular weight is 383 g/mol. The van der Waals surface area contributed by atoms with Crippen molar-refractivity contribution in [2.45, 2.75) is 26.2 Å². The Morgan fingerprint density at radius 1 is 0.759 bits per heavy atom. The number of fused-ring (bicyclic) bond motifs is 1. The van der Waals surface area contributed by atoms with E-state index in [0.29, 0.717) is 5.88 Å². The van der Waals surface area contributed by atoms with Gasteiger partial charge in [0.2, 0.25) is 5.88 Å². The molecular formula is C26H25NO2. The summed E-state index contributed by atoms with van der Waals surface area (Å²) in [6, 6.07) is 26.4. The van der Waals surface area contributed by atoms with Crippen LogP contribution in [0.1, 0.15) is 26.3 Å². The lowest BCUT2D eigenvalue weighted by molar-refractivity contribution is 0.415. The third-order valence-corrected chi connectivity index (χ3v) is 5.03. The standard InChI is InChI=1S/C26H25NO2/c1-26(2,3)20-11-15-22(16-12-20)29-25-23-8-6-5-7-19(23)17-24(27-25)18-9-13-21(28-4)14-10-18/h5-17H,1-4H3. The Labute approximate surface area is 171 Å². The second kappa shape index (κ2) is 7.59. The van der Waals surface area contributed by atoms with Gasteiger partial charge in [0.05, 0.1) is 12.8 Å². The number of aromatic nitrogens is 1. The predicted molar refractivity (Wildman–Crippen MR) is 119 cm³/mol. The highest BCUT2D eigenvalue weighted by atomic mass is 16.5. The topological polar surface area (TPSA) is 31.4 Å². The molecule has 0 N–H and O–H groups in total. The van der Waals surface area contributed by atoms with E-state index in [-0.39, 0.29) is 5.41 Å². The molecule has 29 heavy (non-hydrogen) atoms. The third kappa shape index (κ3) is 4.09. The van der Waals surface area contributed by atoms with Gasteiger partial charge >= 0.3 is 0 Å². The molecule has 0 atom stereocenters. The van der Waals surface area contributed by atoms with Crippen molar-refractivity contribution in [1.29, 1.82) is 0 Å². The summed E-state index contributed by atoms with van der Waals surface area (Å²) in [5, 5.41) is 2.08. The quantitative estimate of drug-likeness (QED) is 0.380. The summed E-state index contributed by atoms with van der Waals surface area (Å²) in [5.41, 5.74) is 3.27. The van der Waals surface area contributed by atoms with Crippen molar-refractivity contribution in [3.05, 3.63) is 84.4 Å². The molecule has 0 saturated heterocycles. The molecule has 4 rings (SSSR count). The molecule has 3 aromatic carbocycles. The van der Waals surface area contributed by atoms with Crippen LogP contribution in [-0.4, -0.2) is 12.1 Å². The van der Waals surface area contributed by atoms with E-state index in [1.54, 1.807) is 7.11 Å². The molecule has 3 nitrogen and oxygen atoms in total. The fraction of sp³-hybridized carbons (Fsp3) is 0.192. The Kier molecular flexibility index (Phi) is 4.98. The SMILES string of the molecule is COc1ccc(-c2cc3ccccc3c(Oc3ccc(C(C)(C)C)cc3)n2)cc1. The van der Waals surface area contributed by atoms with E-state index < -0.39 is 0 Å². The molecule has 0 unspecified atom stereocenters. The van der Waals surface area contributed by atoms with Gasteiger partial charge in [0.25, 0.3) is 0 Å². The maximum Gasteiger partial charge on any atom is 0.227 e. The first-order chi connectivity index (χ1) is 13.9. The molecule has 1 aromatic heterocycles. The van der Waals surface area contributed by atoms with Crippen molar-refractivity contribution >= 4 is 10.8 Å². The van der Waals surface area contributed by atoms with E-state index in [1.807, 2.05) is 54.6 Å². The van der Waals surface area contributed by atoms with Crippen LogP contribution in [0.25, 0.3) is 22.0 Å². The Hall–Kier alpha value is -3.33. The molecule has 0 amide bonds. The Morgan fingerprint density at radius 2 is 1.41 bits per heavy atom. The lowest BCUT2D eigenvalue weighted by Gasteiger charge is -2.19. The maximum absolute atomic E-state index is 6.23. The summed E-state index contributed by atoms with van der Waals surface area (Å²) in [6.45, 7) is 6.61. The first kappa shape index (κ1) is 19.0. The largest absolute Gasteiger partial charge is 0.497 e. The van der Waals surface area contributed by atoms with Crippen LogP contribution in [-0.2, 0) is 5.41 Å². The van der Waals surface area contributed by atoms with Gasteiger partial charge in [-0.05, 0) is 64.9 Å². The van der Waals surface area contributed by atoms with Crippen molar-refractivity contribution in [3.8, 4) is 28.6 Å². The minimum absolute atomic E-state index is 0.109. The van der Waals surface area contributed by atoms with Crippen LogP contribution in [0.2, 0.25) is 0 Å². The van der Waals surface area contributed by atoms with Gasteiger partial charge in [0.1, 0.15) is 11.5 Å². The van der Waals surface area contributed by atoms with E-state index in [9.17, 15) is 0 Å². The van der Waals surface area contributed by atoms with E-state index in [1.165, 1.54) is 5.56 Å². The van der Waals surface area contributed by atoms with Gasteiger partial charge in [-0.3, -0.25) is 0 Å². The summed E-state index contributed by atoms with van der Waals surface area (Å²) >= 11 is 0. The molecule has 0 radical (unpaired) electrons. The zero-order valence-corrected chi connectivity index (χ0v) is 17.3. The van der Waals surface area contributed by atoms with Crippen molar-refractivity contribution in [2.75, 3.05) is 7.11 Å². The Balaban J connectivity index is 1.74. The predicted octanol–water partition coefficient (Wildman–Crippen LogP) is 7.00. The number of methoxy groups -OCH3 is 1. The highest BCUT2D eigenvalue weighted by Crippen LogP contribution is 2.33. The first-order valence-corrected chi connectivity index (χ1v) is 9.77. The van der Waals surface area contributed by atoms with Crippen LogP contribution in [0.15, 0.2) is 78.9 Å². The fourth-order valence-electron chi connectivity index (χ4n) is 3.29. The maximum atomic E-state index is 6.23. The van der Waals surface area contributed by atoms with Gasteiger partial charge in [-0.1, -0.05) is 51.1 Å². The summed E-state index contributed by atoms with van der Waals surface area (Å²) in [6.07, 6.45) is 0. The fourth-order valence-corrected chi connectivity index (χ4v) is 3.29. The second-order valence-corrected chi connectivity index (χ2v) is 8.14. The first-order valence-electron chi connectivity index (χ1n) is 9.77. The second-order valence-electron chi connectivity index (χ2n) is 8.14. The van der Waals surface area contributed by atoms with Gasteiger partial charge in [0.15, 0.2) is 0 Å². The molecule has 4 aromatic rings. The molecule has 0 aliphatic rings. The number of nitrogens with zero attached hydrogens (tertiary/aromatic N) is 1. The lowest BCUT2D eigenvalue weighted by Crippen LogP contribution is -2.10. The smallest absolute Gasteiger partial charge is 0.227 e. The van der Waals surface area contributed by atoms with Crippen molar-refractivity contribution in [3.63, 3.8) is 0 Å². The minimum Gasteiger partial charge on any atom is -0.497 e. The molecule has 0 bridgehead atoms. The van der Waals surface area contributed by atoms with Crippen LogP contribution in [0.4, 0.5) is 0 Å². The number of hydrogen-bond acceptors (Lipinski definition) is 3. The molecule has 146 valence electrons. The zero-order chi connectivity index (χ0) is 20.4. The van der Waals surface area contributed by atoms with E-state index in [4.69, 9.17) is 14.5 Å². The third-order valence-electron chi connectivity index (χ3n) is 5.03. The summed E-state index contributed by atoms with van der Waals surface area (Å²) in [7, 11) is 1.67. The van der Waals surface area contributed by atoms with Crippen molar-refractivity contribution < 1.29 is 9.47 Å². The summed E-state index contributed by atoms with van der Waals surface area (Å²) in [4.78, 5) is 4.83. The van der Waals surface area contributed by atoms with Gasteiger partial charge < -0.3 is 9.47 Å². The van der Waals surface area contributed by atoms with Gasteiger partial charge in [-0.25, -0.2) is 4.98 Å². The number of hydrogen-bond donors (Lipinski definition) is 0. The molecule has 0 saturated carbocycles. The normalized spacial score (nSPS) is 11.4. The van der Waals surface area contributed by atoms with Gasteiger partial charge in [-0.2, -0.15) is 0 Å². The van der Waals surface area contributed by atoms with Crippen LogP contribution < -0.4 is 9.47 Å². The summed E-state index contributed by atoms with van der Waals surface area (Å²) < 4.78 is 11.5. The van der Waals surface area contributed by atoms with Crippen molar-refractivity contribution in [1.82, 2.24) is 4.98 Å². The lowest BCUT2D eigenvalue weighted by atomic mass is 9.87. The molecule has 1 heterocycles. The van der Waals surface area contributed by atoms with Gasteiger partial charge in [-0.15, -0.1) is 0 Å². The van der Waals surface area contributed by atoms with Crippen molar-refractivity contribution in [2.24, 2.45) is 0 Å². The number of pyridine rings is 1. The minimum atomic E-state index is 0.109. The average Bonchev–Trinajstić information content (AvgIpc) is 2.73. The highest BCUT2D eigenvalue weighted by Gasteiger charge is 2.14. The van der Waals surface area contributed by atoms with Gasteiger partial charge in [0, 0.05) is 10.9 Å². The molecule has 0 spiro atoms. The number of rotatable bonds is 4. The monoisotopic (exact) mass is 383 g/mol. The Bertz CT molecular complexity index is 1120. The van der Waals surface area contributed by atoms with Crippen LogP contribution in [0, 0.1) is 0 Å².